The van der Waals surface area contributed by atoms with Gasteiger partial charge in [0.05, 0.1) is 17.4 Å². The van der Waals surface area contributed by atoms with E-state index in [-0.39, 0.29) is 18.6 Å². The van der Waals surface area contributed by atoms with E-state index in [1.54, 1.807) is 17.1 Å². The van der Waals surface area contributed by atoms with Gasteiger partial charge in [0.15, 0.2) is 0 Å². The smallest absolute Gasteiger partial charge is 0.254 e. The van der Waals surface area contributed by atoms with Gasteiger partial charge < -0.3 is 10.4 Å². The lowest BCUT2D eigenvalue weighted by atomic mass is 10.1. The molecule has 21 heavy (non-hydrogen) atoms. The number of amides is 1. The highest BCUT2D eigenvalue weighted by atomic mass is 16.3. The summed E-state index contributed by atoms with van der Waals surface area (Å²) < 4.78 is 1.69. The van der Waals surface area contributed by atoms with Crippen molar-refractivity contribution in [3.8, 4) is 5.69 Å². The molecule has 2 N–H and O–H groups in total. The van der Waals surface area contributed by atoms with Crippen molar-refractivity contribution in [2.75, 3.05) is 6.61 Å². The molecule has 2 aromatic rings. The summed E-state index contributed by atoms with van der Waals surface area (Å²) in [6, 6.07) is 9.75. The molecule has 5 nitrogen and oxygen atoms in total. The van der Waals surface area contributed by atoms with Crippen molar-refractivity contribution in [2.24, 2.45) is 5.92 Å². The lowest BCUT2D eigenvalue weighted by Crippen LogP contribution is -2.37. The predicted molar refractivity (Wildman–Crippen MR) is 79.2 cm³/mol. The van der Waals surface area contributed by atoms with Crippen molar-refractivity contribution < 1.29 is 9.90 Å². The Morgan fingerprint density at radius 2 is 2.14 bits per heavy atom. The zero-order valence-corrected chi connectivity index (χ0v) is 11.8. The normalized spacial score (nSPS) is 15.7. The average Bonchev–Trinajstić information content (AvgIpc) is 3.24. The molecule has 1 fully saturated rings. The maximum Gasteiger partial charge on any atom is 0.254 e. The Morgan fingerprint density at radius 3 is 2.81 bits per heavy atom. The number of benzene rings is 1. The van der Waals surface area contributed by atoms with Gasteiger partial charge in [-0.1, -0.05) is 18.2 Å². The molecule has 1 atom stereocenters. The Morgan fingerprint density at radius 1 is 1.38 bits per heavy atom. The van der Waals surface area contributed by atoms with Crippen molar-refractivity contribution in [1.82, 2.24) is 15.1 Å². The molecule has 1 aliphatic carbocycles. The van der Waals surface area contributed by atoms with E-state index in [2.05, 4.69) is 10.4 Å². The number of aliphatic hydroxyl groups excluding tert-OH is 1. The van der Waals surface area contributed by atoms with Crippen LogP contribution in [0.2, 0.25) is 0 Å². The summed E-state index contributed by atoms with van der Waals surface area (Å²) in [5.74, 6) is 0.396. The van der Waals surface area contributed by atoms with Crippen LogP contribution >= 0.6 is 0 Å². The molecular weight excluding hydrogens is 266 g/mol. The van der Waals surface area contributed by atoms with Crippen LogP contribution in [0.15, 0.2) is 42.7 Å². The number of carbonyl (C=O) groups excluding carboxylic acids is 1. The van der Waals surface area contributed by atoms with Crippen molar-refractivity contribution in [3.63, 3.8) is 0 Å². The fourth-order valence-electron chi connectivity index (χ4n) is 2.48. The van der Waals surface area contributed by atoms with Gasteiger partial charge in [-0.25, -0.2) is 4.68 Å². The van der Waals surface area contributed by atoms with E-state index >= 15 is 0 Å². The first-order chi connectivity index (χ1) is 10.3. The van der Waals surface area contributed by atoms with Gasteiger partial charge in [-0.2, -0.15) is 5.10 Å². The van der Waals surface area contributed by atoms with Crippen LogP contribution in [0.25, 0.3) is 5.69 Å². The fourth-order valence-corrected chi connectivity index (χ4v) is 2.48. The Labute approximate surface area is 123 Å². The summed E-state index contributed by atoms with van der Waals surface area (Å²) in [7, 11) is 0. The highest BCUT2D eigenvalue weighted by Crippen LogP contribution is 2.34. The number of hydrogen-bond acceptors (Lipinski definition) is 3. The lowest BCUT2D eigenvalue weighted by molar-refractivity contribution is 0.0924. The third-order valence-electron chi connectivity index (χ3n) is 3.81. The Balaban J connectivity index is 1.69. The van der Waals surface area contributed by atoms with Crippen molar-refractivity contribution in [3.05, 3.63) is 48.3 Å². The maximum absolute atomic E-state index is 12.3. The number of hydrogen-bond donors (Lipinski definition) is 2. The molecule has 1 amide bonds. The van der Waals surface area contributed by atoms with Gasteiger partial charge in [0, 0.05) is 18.8 Å². The number of aliphatic hydroxyl groups is 1. The molecule has 5 heteroatoms. The molecule has 0 spiro atoms. The molecule has 1 saturated carbocycles. The van der Waals surface area contributed by atoms with Crippen molar-refractivity contribution in [2.45, 2.75) is 25.3 Å². The van der Waals surface area contributed by atoms with Gasteiger partial charge in [0.2, 0.25) is 0 Å². The van der Waals surface area contributed by atoms with Crippen molar-refractivity contribution in [1.29, 1.82) is 0 Å². The third kappa shape index (κ3) is 3.31. The predicted octanol–water partition coefficient (Wildman–Crippen LogP) is 1.76. The summed E-state index contributed by atoms with van der Waals surface area (Å²) in [5, 5.41) is 16.3. The molecule has 3 rings (SSSR count). The van der Waals surface area contributed by atoms with E-state index in [4.69, 9.17) is 5.11 Å². The number of carbonyl (C=O) groups is 1. The molecule has 1 heterocycles. The number of para-hydroxylation sites is 1. The molecule has 1 aromatic carbocycles. The van der Waals surface area contributed by atoms with Crippen LogP contribution in [-0.2, 0) is 0 Å². The summed E-state index contributed by atoms with van der Waals surface area (Å²) >= 11 is 0. The Bertz CT molecular complexity index is 605. The number of aromatic nitrogens is 2. The molecule has 110 valence electrons. The van der Waals surface area contributed by atoms with Crippen LogP contribution in [-0.4, -0.2) is 33.4 Å². The van der Waals surface area contributed by atoms with Gasteiger partial charge >= 0.3 is 0 Å². The fraction of sp³-hybridized carbons (Fsp3) is 0.375. The minimum absolute atomic E-state index is 0.0718. The SMILES string of the molecule is O=C(NC(CCO)C1CC1)c1cnn(-c2ccccc2)c1. The second-order valence-corrected chi connectivity index (χ2v) is 5.44. The minimum Gasteiger partial charge on any atom is -0.396 e. The first-order valence-electron chi connectivity index (χ1n) is 7.30. The first-order valence-corrected chi connectivity index (χ1v) is 7.30. The molecule has 0 saturated heterocycles. The summed E-state index contributed by atoms with van der Waals surface area (Å²) in [6.45, 7) is 0.102. The summed E-state index contributed by atoms with van der Waals surface area (Å²) in [6.07, 6.45) is 6.19. The summed E-state index contributed by atoms with van der Waals surface area (Å²) in [5.41, 5.74) is 1.47. The summed E-state index contributed by atoms with van der Waals surface area (Å²) in [4.78, 5) is 12.3. The van der Waals surface area contributed by atoms with Gasteiger partial charge in [-0.05, 0) is 37.3 Å². The second-order valence-electron chi connectivity index (χ2n) is 5.44. The Kier molecular flexibility index (Phi) is 4.01. The highest BCUT2D eigenvalue weighted by Gasteiger charge is 2.32. The number of rotatable bonds is 6. The molecule has 1 aliphatic rings. The molecule has 0 radical (unpaired) electrons. The quantitative estimate of drug-likeness (QED) is 0.850. The van der Waals surface area contributed by atoms with Crippen LogP contribution in [0.5, 0.6) is 0 Å². The third-order valence-corrected chi connectivity index (χ3v) is 3.81. The van der Waals surface area contributed by atoms with E-state index in [0.29, 0.717) is 17.9 Å². The zero-order chi connectivity index (χ0) is 14.7. The van der Waals surface area contributed by atoms with E-state index < -0.39 is 0 Å². The molecular formula is C16H19N3O2. The zero-order valence-electron chi connectivity index (χ0n) is 11.8. The minimum atomic E-state index is -0.123. The number of nitrogens with one attached hydrogen (secondary N) is 1. The first kappa shape index (κ1) is 13.8. The largest absolute Gasteiger partial charge is 0.396 e. The topological polar surface area (TPSA) is 67.2 Å². The molecule has 1 unspecified atom stereocenters. The monoisotopic (exact) mass is 285 g/mol. The van der Waals surface area contributed by atoms with Crippen LogP contribution in [0.3, 0.4) is 0 Å². The van der Waals surface area contributed by atoms with Crippen molar-refractivity contribution >= 4 is 5.91 Å². The Hall–Kier alpha value is -2.14. The van der Waals surface area contributed by atoms with E-state index in [9.17, 15) is 4.79 Å². The molecule has 1 aromatic heterocycles. The van der Waals surface area contributed by atoms with E-state index in [1.807, 2.05) is 30.3 Å². The van der Waals surface area contributed by atoms with Gasteiger partial charge in [0.1, 0.15) is 0 Å². The van der Waals surface area contributed by atoms with E-state index in [0.717, 1.165) is 18.5 Å². The number of nitrogens with zero attached hydrogens (tertiary/aromatic N) is 2. The van der Waals surface area contributed by atoms with Crippen LogP contribution in [0.4, 0.5) is 0 Å². The maximum atomic E-state index is 12.3. The van der Waals surface area contributed by atoms with Gasteiger partial charge in [-0.15, -0.1) is 0 Å². The van der Waals surface area contributed by atoms with E-state index in [1.165, 1.54) is 0 Å². The van der Waals surface area contributed by atoms with Crippen LogP contribution in [0, 0.1) is 5.92 Å². The standard InChI is InChI=1S/C16H19N3O2/c20-9-8-15(12-6-7-12)18-16(21)13-10-17-19(11-13)14-4-2-1-3-5-14/h1-5,10-12,15,20H,6-9H2,(H,18,21). The molecule has 0 aliphatic heterocycles. The van der Waals surface area contributed by atoms with Gasteiger partial charge in [0.25, 0.3) is 5.91 Å². The average molecular weight is 285 g/mol. The second kappa shape index (κ2) is 6.10. The van der Waals surface area contributed by atoms with Gasteiger partial charge in [-0.3, -0.25) is 4.79 Å². The molecule has 0 bridgehead atoms. The van der Waals surface area contributed by atoms with Crippen LogP contribution < -0.4 is 5.32 Å². The lowest BCUT2D eigenvalue weighted by Gasteiger charge is -2.16. The highest BCUT2D eigenvalue weighted by molar-refractivity contribution is 5.94. The van der Waals surface area contributed by atoms with Crippen LogP contribution in [0.1, 0.15) is 29.6 Å².